The Morgan fingerprint density at radius 3 is 1.23 bits per heavy atom. The molecule has 1 rings (SSSR count). The van der Waals surface area contributed by atoms with E-state index < -0.39 is 67.3 Å². The molecule has 0 bridgehead atoms. The van der Waals surface area contributed by atoms with Crippen LogP contribution in [0.4, 0.5) is 0 Å². The number of hydrogen-bond acceptors (Lipinski definition) is 11. The molecular weight excluding hydrogens is 1020 g/mol. The zero-order chi connectivity index (χ0) is 58.9. The highest BCUT2D eigenvalue weighted by molar-refractivity contribution is 5.74. The van der Waals surface area contributed by atoms with Crippen LogP contribution in [0.25, 0.3) is 0 Å². The lowest BCUT2D eigenvalue weighted by molar-refractivity contribution is -0.301. The van der Waals surface area contributed by atoms with Gasteiger partial charge in [-0.25, -0.2) is 4.79 Å². The van der Waals surface area contributed by atoms with Crippen molar-refractivity contribution in [3.05, 3.63) is 97.2 Å². The Bertz CT molecular complexity index is 1780. The summed E-state index contributed by atoms with van der Waals surface area (Å²) in [6.45, 7) is 5.82. The van der Waals surface area contributed by atoms with Crippen molar-refractivity contribution in [2.75, 3.05) is 13.2 Å². The van der Waals surface area contributed by atoms with E-state index in [1.807, 2.05) is 12.2 Å². The fourth-order valence-corrected chi connectivity index (χ4v) is 9.21. The maximum absolute atomic E-state index is 13.2. The Labute approximate surface area is 492 Å². The van der Waals surface area contributed by atoms with Gasteiger partial charge in [0, 0.05) is 19.3 Å². The smallest absolute Gasteiger partial charge is 0.335 e. The molecule has 0 radical (unpaired) electrons. The molecule has 1 aliphatic rings. The van der Waals surface area contributed by atoms with Crippen LogP contribution in [-0.2, 0) is 42.9 Å². The molecule has 1 fully saturated rings. The molecule has 462 valence electrons. The molecule has 1 heterocycles. The standard InChI is InChI=1S/C69H114O12/c1-4-7-10-13-16-19-22-25-28-30-31-33-35-37-40-43-46-49-52-55-61(70)77-58-60(79-62(71)56-53-50-47-44-41-39-36-32-29-26-23-20-17-14-11-8-5-2)59-78-69-67(65(74)64(73)66(81-69)68(75)76)80-63(72)57-54-51-48-45-42-38-34-27-24-21-18-15-12-9-6-3/h7,10,16,19,25-29,31,33-34,37,40,46,49,60,64-67,69,73-74H,4-6,8-9,11-15,17-18,20-24,30,32,35-36,38-39,41-45,47-48,50-59H2,1-3H3,(H,75,76)/b10-7-,19-16-,28-25-,29-26-,33-31-,34-27-,40-37-,49-46-. The van der Waals surface area contributed by atoms with Gasteiger partial charge in [0.05, 0.1) is 6.61 Å². The summed E-state index contributed by atoms with van der Waals surface area (Å²) in [6.07, 6.45) is 62.3. The first-order valence-electron chi connectivity index (χ1n) is 32.2. The van der Waals surface area contributed by atoms with Crippen molar-refractivity contribution in [3.63, 3.8) is 0 Å². The highest BCUT2D eigenvalue weighted by Crippen LogP contribution is 2.26. The Balaban J connectivity index is 2.73. The third-order valence-electron chi connectivity index (χ3n) is 14.1. The second kappa shape index (κ2) is 56.1. The lowest BCUT2D eigenvalue weighted by Crippen LogP contribution is -2.61. The molecule has 0 saturated carbocycles. The fourth-order valence-electron chi connectivity index (χ4n) is 9.21. The minimum atomic E-state index is -1.92. The Morgan fingerprint density at radius 2 is 0.802 bits per heavy atom. The van der Waals surface area contributed by atoms with Crippen LogP contribution in [0.2, 0.25) is 0 Å². The summed E-state index contributed by atoms with van der Waals surface area (Å²) in [4.78, 5) is 51.3. The number of ether oxygens (including phenoxy) is 5. The summed E-state index contributed by atoms with van der Waals surface area (Å²) in [5.74, 6) is -3.24. The molecule has 1 saturated heterocycles. The molecule has 6 unspecified atom stereocenters. The molecule has 0 spiro atoms. The van der Waals surface area contributed by atoms with Gasteiger partial charge in [-0.2, -0.15) is 0 Å². The summed E-state index contributed by atoms with van der Waals surface area (Å²) in [5.41, 5.74) is 0. The number of esters is 3. The van der Waals surface area contributed by atoms with Crippen molar-refractivity contribution < 1.29 is 58.2 Å². The van der Waals surface area contributed by atoms with Crippen LogP contribution < -0.4 is 0 Å². The molecule has 6 atom stereocenters. The second-order valence-corrected chi connectivity index (χ2v) is 21.7. The van der Waals surface area contributed by atoms with E-state index in [-0.39, 0.29) is 25.9 Å². The molecular formula is C69H114O12. The average Bonchev–Trinajstić information content (AvgIpc) is 3.53. The van der Waals surface area contributed by atoms with Gasteiger partial charge in [0.25, 0.3) is 0 Å². The van der Waals surface area contributed by atoms with Gasteiger partial charge in [0.2, 0.25) is 0 Å². The lowest BCUT2D eigenvalue weighted by atomic mass is 9.98. The zero-order valence-corrected chi connectivity index (χ0v) is 51.0. The van der Waals surface area contributed by atoms with Crippen molar-refractivity contribution in [1.29, 1.82) is 0 Å². The van der Waals surface area contributed by atoms with Gasteiger partial charge in [-0.05, 0) is 109 Å². The zero-order valence-electron chi connectivity index (χ0n) is 51.0. The first-order valence-corrected chi connectivity index (χ1v) is 32.2. The molecule has 12 nitrogen and oxygen atoms in total. The first-order chi connectivity index (χ1) is 39.6. The van der Waals surface area contributed by atoms with Gasteiger partial charge in [0.1, 0.15) is 18.8 Å². The normalized spacial score (nSPS) is 18.4. The molecule has 0 aromatic heterocycles. The minimum Gasteiger partial charge on any atom is -0.479 e. The SMILES string of the molecule is CC/C=C\C/C=C\C/C=C\C/C=C\C/C=C\C/C=C\CCC(=O)OCC(COC1OC(C(=O)O)C(O)C(O)C1OC(=O)CCCCCCC/C=C\CCCCCCCC)OC(=O)CCCCCCCCC/C=C\CCCCCCCC. The number of carbonyl (C=O) groups excluding carboxylic acids is 3. The van der Waals surface area contributed by atoms with E-state index in [0.717, 1.165) is 109 Å². The van der Waals surface area contributed by atoms with Gasteiger partial charge in [-0.1, -0.05) is 234 Å². The van der Waals surface area contributed by atoms with Crippen molar-refractivity contribution in [2.45, 2.75) is 302 Å². The average molecular weight is 1140 g/mol. The van der Waals surface area contributed by atoms with Gasteiger partial charge in [0.15, 0.2) is 24.6 Å². The summed E-state index contributed by atoms with van der Waals surface area (Å²) in [7, 11) is 0. The van der Waals surface area contributed by atoms with Crippen LogP contribution in [-0.4, -0.2) is 89.2 Å². The number of carboxylic acid groups (broad SMARTS) is 1. The van der Waals surface area contributed by atoms with Crippen LogP contribution >= 0.6 is 0 Å². The number of aliphatic carboxylic acids is 1. The number of hydrogen-bond donors (Lipinski definition) is 3. The van der Waals surface area contributed by atoms with E-state index in [1.165, 1.54) is 96.3 Å². The van der Waals surface area contributed by atoms with Crippen LogP contribution in [0.15, 0.2) is 97.2 Å². The maximum Gasteiger partial charge on any atom is 0.335 e. The largest absolute Gasteiger partial charge is 0.479 e. The van der Waals surface area contributed by atoms with Crippen LogP contribution in [0.3, 0.4) is 0 Å². The number of carbonyl (C=O) groups is 4. The van der Waals surface area contributed by atoms with Gasteiger partial charge < -0.3 is 39.0 Å². The molecule has 3 N–H and O–H groups in total. The highest BCUT2D eigenvalue weighted by atomic mass is 16.7. The highest BCUT2D eigenvalue weighted by Gasteiger charge is 2.50. The third kappa shape index (κ3) is 45.8. The molecule has 0 aliphatic carbocycles. The summed E-state index contributed by atoms with van der Waals surface area (Å²) < 4.78 is 28.4. The van der Waals surface area contributed by atoms with Crippen LogP contribution in [0, 0.1) is 0 Å². The monoisotopic (exact) mass is 1130 g/mol. The number of aliphatic hydroxyl groups excluding tert-OH is 2. The molecule has 81 heavy (non-hydrogen) atoms. The van der Waals surface area contributed by atoms with E-state index >= 15 is 0 Å². The summed E-state index contributed by atoms with van der Waals surface area (Å²) >= 11 is 0. The van der Waals surface area contributed by atoms with Crippen molar-refractivity contribution >= 4 is 23.9 Å². The van der Waals surface area contributed by atoms with Gasteiger partial charge >= 0.3 is 23.9 Å². The lowest BCUT2D eigenvalue weighted by Gasteiger charge is -2.40. The third-order valence-corrected chi connectivity index (χ3v) is 14.1. The van der Waals surface area contributed by atoms with E-state index in [1.54, 1.807) is 0 Å². The Kier molecular flexibility index (Phi) is 51.7. The first kappa shape index (κ1) is 74.7. The van der Waals surface area contributed by atoms with Gasteiger partial charge in [-0.15, -0.1) is 0 Å². The molecule has 1 aliphatic heterocycles. The molecule has 0 amide bonds. The van der Waals surface area contributed by atoms with Crippen LogP contribution in [0.5, 0.6) is 0 Å². The van der Waals surface area contributed by atoms with E-state index in [2.05, 4.69) is 106 Å². The van der Waals surface area contributed by atoms with Crippen molar-refractivity contribution in [3.8, 4) is 0 Å². The van der Waals surface area contributed by atoms with E-state index in [0.29, 0.717) is 19.3 Å². The molecule has 12 heteroatoms. The van der Waals surface area contributed by atoms with Crippen LogP contribution in [0.1, 0.15) is 265 Å². The van der Waals surface area contributed by atoms with E-state index in [9.17, 15) is 34.5 Å². The molecule has 0 aromatic rings. The summed E-state index contributed by atoms with van der Waals surface area (Å²) in [5, 5.41) is 31.6. The number of aliphatic hydroxyl groups is 2. The van der Waals surface area contributed by atoms with Crippen molar-refractivity contribution in [2.24, 2.45) is 0 Å². The Morgan fingerprint density at radius 1 is 0.420 bits per heavy atom. The number of unbranched alkanes of at least 4 members (excludes halogenated alkanes) is 24. The van der Waals surface area contributed by atoms with Crippen molar-refractivity contribution in [1.82, 2.24) is 0 Å². The second-order valence-electron chi connectivity index (χ2n) is 21.7. The number of rotatable bonds is 54. The summed E-state index contributed by atoms with van der Waals surface area (Å²) in [6, 6.07) is 0. The minimum absolute atomic E-state index is 0.0400. The van der Waals surface area contributed by atoms with E-state index in [4.69, 9.17) is 23.7 Å². The fraction of sp³-hybridized carbons (Fsp3) is 0.710. The number of carboxylic acids is 1. The number of allylic oxidation sites excluding steroid dienone is 16. The predicted octanol–water partition coefficient (Wildman–Crippen LogP) is 17.2. The quantitative estimate of drug-likeness (QED) is 0.0228. The van der Waals surface area contributed by atoms with Gasteiger partial charge in [-0.3, -0.25) is 14.4 Å². The Hall–Kier alpha value is -4.36. The predicted molar refractivity (Wildman–Crippen MR) is 331 cm³/mol. The molecule has 0 aromatic carbocycles. The topological polar surface area (TPSA) is 175 Å². The maximum atomic E-state index is 13.2.